The van der Waals surface area contributed by atoms with Gasteiger partial charge in [-0.15, -0.1) is 0 Å². The minimum atomic E-state index is 0.188. The Labute approximate surface area is 118 Å². The van der Waals surface area contributed by atoms with Crippen molar-refractivity contribution < 1.29 is 19.7 Å². The lowest BCUT2D eigenvalue weighted by molar-refractivity contribution is 0.406. The molecule has 0 aliphatic rings. The first-order chi connectivity index (χ1) is 9.60. The summed E-state index contributed by atoms with van der Waals surface area (Å²) in [6.07, 6.45) is 1.47. The third-order valence-corrected chi connectivity index (χ3v) is 3.08. The first-order valence-corrected chi connectivity index (χ1v) is 6.34. The number of aromatic hydroxyl groups is 2. The van der Waals surface area contributed by atoms with E-state index in [0.717, 1.165) is 24.0 Å². The van der Waals surface area contributed by atoms with Crippen LogP contribution in [0.15, 0.2) is 36.4 Å². The highest BCUT2D eigenvalue weighted by molar-refractivity contribution is 5.40. The molecule has 4 nitrogen and oxygen atoms in total. The maximum atomic E-state index is 9.61. The molecule has 20 heavy (non-hydrogen) atoms. The Kier molecular flexibility index (Phi) is 4.35. The summed E-state index contributed by atoms with van der Waals surface area (Å²) in [4.78, 5) is 0. The average molecular weight is 274 g/mol. The number of methoxy groups -OCH3 is 2. The van der Waals surface area contributed by atoms with E-state index in [1.807, 2.05) is 12.1 Å². The van der Waals surface area contributed by atoms with Crippen molar-refractivity contribution in [2.45, 2.75) is 12.8 Å². The number of aryl methyl sites for hydroxylation is 2. The van der Waals surface area contributed by atoms with Crippen LogP contribution in [-0.2, 0) is 12.8 Å². The van der Waals surface area contributed by atoms with Crippen molar-refractivity contribution in [2.24, 2.45) is 0 Å². The van der Waals surface area contributed by atoms with E-state index in [1.54, 1.807) is 38.5 Å². The van der Waals surface area contributed by atoms with Gasteiger partial charge in [0.05, 0.1) is 14.2 Å². The van der Waals surface area contributed by atoms with Crippen LogP contribution in [0.2, 0.25) is 0 Å². The van der Waals surface area contributed by atoms with Gasteiger partial charge in [0.2, 0.25) is 0 Å². The fraction of sp³-hybridized carbons (Fsp3) is 0.250. The normalized spacial score (nSPS) is 10.3. The van der Waals surface area contributed by atoms with Gasteiger partial charge in [0.15, 0.2) is 0 Å². The summed E-state index contributed by atoms with van der Waals surface area (Å²) in [5.41, 5.74) is 1.95. The molecule has 0 spiro atoms. The third kappa shape index (κ3) is 3.57. The van der Waals surface area contributed by atoms with Gasteiger partial charge in [0, 0.05) is 12.1 Å². The molecule has 2 rings (SSSR count). The zero-order valence-electron chi connectivity index (χ0n) is 11.6. The van der Waals surface area contributed by atoms with E-state index < -0.39 is 0 Å². The van der Waals surface area contributed by atoms with Gasteiger partial charge >= 0.3 is 0 Å². The van der Waals surface area contributed by atoms with Crippen molar-refractivity contribution in [1.29, 1.82) is 0 Å². The monoisotopic (exact) mass is 274 g/mol. The molecular weight excluding hydrogens is 256 g/mol. The highest BCUT2D eigenvalue weighted by atomic mass is 16.5. The Balaban J connectivity index is 2.12. The molecule has 4 heteroatoms. The fourth-order valence-corrected chi connectivity index (χ4v) is 2.10. The molecule has 0 atom stereocenters. The molecule has 0 amide bonds. The zero-order valence-corrected chi connectivity index (χ0v) is 11.6. The van der Waals surface area contributed by atoms with Gasteiger partial charge in [-0.1, -0.05) is 0 Å². The van der Waals surface area contributed by atoms with Crippen molar-refractivity contribution >= 4 is 0 Å². The SMILES string of the molecule is COc1cc(O)cc(CCc2cc(O)cc(OC)c2)c1. The maximum absolute atomic E-state index is 9.61. The quantitative estimate of drug-likeness (QED) is 0.880. The summed E-state index contributed by atoms with van der Waals surface area (Å²) in [7, 11) is 3.14. The molecule has 0 bridgehead atoms. The largest absolute Gasteiger partial charge is 0.508 e. The van der Waals surface area contributed by atoms with Crippen LogP contribution in [0, 0.1) is 0 Å². The summed E-state index contributed by atoms with van der Waals surface area (Å²) in [5.74, 6) is 1.64. The summed E-state index contributed by atoms with van der Waals surface area (Å²) in [6.45, 7) is 0. The zero-order chi connectivity index (χ0) is 14.5. The molecule has 0 saturated heterocycles. The second-order valence-electron chi connectivity index (χ2n) is 4.58. The van der Waals surface area contributed by atoms with E-state index in [2.05, 4.69) is 0 Å². The second-order valence-corrected chi connectivity index (χ2v) is 4.58. The molecule has 0 aromatic heterocycles. The smallest absolute Gasteiger partial charge is 0.122 e. The average Bonchev–Trinajstić information content (AvgIpc) is 2.44. The molecule has 0 radical (unpaired) electrons. The summed E-state index contributed by atoms with van der Waals surface area (Å²) in [6, 6.07) is 10.3. The molecule has 2 aromatic carbocycles. The van der Waals surface area contributed by atoms with E-state index in [0.29, 0.717) is 11.5 Å². The minimum absolute atomic E-state index is 0.188. The van der Waals surface area contributed by atoms with Crippen LogP contribution in [0.25, 0.3) is 0 Å². The van der Waals surface area contributed by atoms with Gasteiger partial charge < -0.3 is 19.7 Å². The standard InChI is InChI=1S/C16H18O4/c1-19-15-7-11(5-13(17)9-15)3-4-12-6-14(18)10-16(8-12)20-2/h5-10,17-18H,3-4H2,1-2H3. The lowest BCUT2D eigenvalue weighted by Crippen LogP contribution is -1.94. The van der Waals surface area contributed by atoms with Crippen LogP contribution in [0.1, 0.15) is 11.1 Å². The molecule has 2 N–H and O–H groups in total. The predicted octanol–water partition coefficient (Wildman–Crippen LogP) is 2.90. The Morgan fingerprint density at radius 3 is 1.45 bits per heavy atom. The van der Waals surface area contributed by atoms with Gasteiger partial charge in [-0.05, 0) is 48.2 Å². The molecule has 0 fully saturated rings. The molecule has 0 saturated carbocycles. The van der Waals surface area contributed by atoms with Crippen LogP contribution in [0.5, 0.6) is 23.0 Å². The van der Waals surface area contributed by atoms with Crippen LogP contribution >= 0.6 is 0 Å². The lowest BCUT2D eigenvalue weighted by Gasteiger charge is -2.08. The molecule has 0 heterocycles. The number of phenols is 2. The van der Waals surface area contributed by atoms with E-state index in [9.17, 15) is 10.2 Å². The number of rotatable bonds is 5. The molecule has 0 aliphatic carbocycles. The maximum Gasteiger partial charge on any atom is 0.122 e. The van der Waals surface area contributed by atoms with Gasteiger partial charge in [0.1, 0.15) is 23.0 Å². The van der Waals surface area contributed by atoms with Gasteiger partial charge in [-0.2, -0.15) is 0 Å². The molecule has 0 aliphatic heterocycles. The number of hydrogen-bond donors (Lipinski definition) is 2. The minimum Gasteiger partial charge on any atom is -0.508 e. The number of benzene rings is 2. The van der Waals surface area contributed by atoms with E-state index in [4.69, 9.17) is 9.47 Å². The van der Waals surface area contributed by atoms with E-state index in [-0.39, 0.29) is 11.5 Å². The van der Waals surface area contributed by atoms with Gasteiger partial charge in [-0.25, -0.2) is 0 Å². The van der Waals surface area contributed by atoms with Crippen molar-refractivity contribution in [3.63, 3.8) is 0 Å². The van der Waals surface area contributed by atoms with Crippen LogP contribution in [-0.4, -0.2) is 24.4 Å². The second kappa shape index (κ2) is 6.19. The van der Waals surface area contributed by atoms with Crippen LogP contribution in [0.4, 0.5) is 0 Å². The predicted molar refractivity (Wildman–Crippen MR) is 76.7 cm³/mol. The summed E-state index contributed by atoms with van der Waals surface area (Å²) < 4.78 is 10.2. The molecule has 106 valence electrons. The number of hydrogen-bond acceptors (Lipinski definition) is 4. The Bertz CT molecular complexity index is 540. The highest BCUT2D eigenvalue weighted by Crippen LogP contribution is 2.25. The Hall–Kier alpha value is -2.36. The van der Waals surface area contributed by atoms with Crippen molar-refractivity contribution in [3.05, 3.63) is 47.5 Å². The van der Waals surface area contributed by atoms with Crippen LogP contribution in [0.3, 0.4) is 0 Å². The van der Waals surface area contributed by atoms with Crippen LogP contribution < -0.4 is 9.47 Å². The number of phenolic OH excluding ortho intramolecular Hbond substituents is 2. The molecular formula is C16H18O4. The Morgan fingerprint density at radius 2 is 1.10 bits per heavy atom. The van der Waals surface area contributed by atoms with E-state index >= 15 is 0 Å². The number of ether oxygens (including phenoxy) is 2. The fourth-order valence-electron chi connectivity index (χ4n) is 2.10. The van der Waals surface area contributed by atoms with Crippen molar-refractivity contribution in [2.75, 3.05) is 14.2 Å². The van der Waals surface area contributed by atoms with E-state index in [1.165, 1.54) is 0 Å². The summed E-state index contributed by atoms with van der Waals surface area (Å²) in [5, 5.41) is 19.2. The Morgan fingerprint density at radius 1 is 0.700 bits per heavy atom. The van der Waals surface area contributed by atoms with Gasteiger partial charge in [0.25, 0.3) is 0 Å². The lowest BCUT2D eigenvalue weighted by atomic mass is 10.0. The van der Waals surface area contributed by atoms with Crippen molar-refractivity contribution in [3.8, 4) is 23.0 Å². The molecule has 0 unspecified atom stereocenters. The molecule has 2 aromatic rings. The van der Waals surface area contributed by atoms with Gasteiger partial charge in [-0.3, -0.25) is 0 Å². The third-order valence-electron chi connectivity index (χ3n) is 3.08. The first-order valence-electron chi connectivity index (χ1n) is 6.34. The van der Waals surface area contributed by atoms with Crippen molar-refractivity contribution in [1.82, 2.24) is 0 Å². The highest BCUT2D eigenvalue weighted by Gasteiger charge is 2.04. The summed E-state index contributed by atoms with van der Waals surface area (Å²) >= 11 is 0. The topological polar surface area (TPSA) is 58.9 Å². The first kappa shape index (κ1) is 14.1.